The summed E-state index contributed by atoms with van der Waals surface area (Å²) in [5.74, 6) is -0.181. The van der Waals surface area contributed by atoms with Crippen molar-refractivity contribution in [3.63, 3.8) is 0 Å². The molecule has 0 aliphatic rings. The molecule has 0 spiro atoms. The molecule has 0 radical (unpaired) electrons. The number of halogens is 1. The summed E-state index contributed by atoms with van der Waals surface area (Å²) in [7, 11) is 0. The number of anilines is 2. The van der Waals surface area contributed by atoms with Gasteiger partial charge < -0.3 is 11.1 Å². The van der Waals surface area contributed by atoms with Crippen LogP contribution in [0.15, 0.2) is 40.2 Å². The van der Waals surface area contributed by atoms with Gasteiger partial charge >= 0.3 is 0 Å². The molecule has 2 aromatic rings. The predicted octanol–water partition coefficient (Wildman–Crippen LogP) is 3.35. The number of hydrogen-bond acceptors (Lipinski definition) is 3. The van der Waals surface area contributed by atoms with Crippen molar-refractivity contribution >= 4 is 44.5 Å². The number of nitrogens with one attached hydrogen (secondary N) is 1. The van der Waals surface area contributed by atoms with Gasteiger partial charge in [0.05, 0.1) is 11.4 Å². The fourth-order valence-electron chi connectivity index (χ4n) is 1.25. The molecule has 1 heterocycles. The first kappa shape index (κ1) is 11.2. The number of carbonyl (C=O) groups excluding carboxylic acids is 1. The zero-order chi connectivity index (χ0) is 11.5. The lowest BCUT2D eigenvalue weighted by atomic mass is 10.3. The van der Waals surface area contributed by atoms with Gasteiger partial charge in [0, 0.05) is 4.47 Å². The van der Waals surface area contributed by atoms with Gasteiger partial charge in [-0.3, -0.25) is 4.79 Å². The predicted molar refractivity (Wildman–Crippen MR) is 70.8 cm³/mol. The third-order valence-electron chi connectivity index (χ3n) is 2.02. The van der Waals surface area contributed by atoms with Crippen LogP contribution in [0.25, 0.3) is 0 Å². The molecule has 0 bridgehead atoms. The van der Waals surface area contributed by atoms with Crippen LogP contribution in [0.1, 0.15) is 9.67 Å². The van der Waals surface area contributed by atoms with Crippen LogP contribution in [0.4, 0.5) is 11.4 Å². The summed E-state index contributed by atoms with van der Waals surface area (Å²) in [5.41, 5.74) is 6.92. The van der Waals surface area contributed by atoms with Gasteiger partial charge in [-0.2, -0.15) is 0 Å². The SMILES string of the molecule is Nc1ccsc1C(=O)Nc1ccccc1Br. The Bertz CT molecular complexity index is 524. The maximum Gasteiger partial charge on any atom is 0.267 e. The van der Waals surface area contributed by atoms with Crippen molar-refractivity contribution in [2.24, 2.45) is 0 Å². The summed E-state index contributed by atoms with van der Waals surface area (Å²) in [5, 5.41) is 4.59. The van der Waals surface area contributed by atoms with Crippen LogP contribution in [0.5, 0.6) is 0 Å². The van der Waals surface area contributed by atoms with Crippen LogP contribution in [-0.4, -0.2) is 5.91 Å². The molecule has 0 aliphatic carbocycles. The number of carbonyl (C=O) groups is 1. The van der Waals surface area contributed by atoms with Crippen molar-refractivity contribution in [1.82, 2.24) is 0 Å². The summed E-state index contributed by atoms with van der Waals surface area (Å²) >= 11 is 4.69. The van der Waals surface area contributed by atoms with E-state index in [4.69, 9.17) is 5.73 Å². The minimum atomic E-state index is -0.181. The minimum absolute atomic E-state index is 0.181. The third kappa shape index (κ3) is 2.25. The van der Waals surface area contributed by atoms with E-state index >= 15 is 0 Å². The molecule has 82 valence electrons. The van der Waals surface area contributed by atoms with Crippen molar-refractivity contribution in [1.29, 1.82) is 0 Å². The lowest BCUT2D eigenvalue weighted by Crippen LogP contribution is -2.12. The Balaban J connectivity index is 2.21. The lowest BCUT2D eigenvalue weighted by Gasteiger charge is -2.06. The highest BCUT2D eigenvalue weighted by Crippen LogP contribution is 2.24. The largest absolute Gasteiger partial charge is 0.397 e. The molecule has 5 heteroatoms. The maximum atomic E-state index is 11.8. The molecule has 1 amide bonds. The fraction of sp³-hybridized carbons (Fsp3) is 0. The Hall–Kier alpha value is -1.33. The van der Waals surface area contributed by atoms with E-state index in [1.165, 1.54) is 11.3 Å². The number of benzene rings is 1. The molecular weight excluding hydrogens is 288 g/mol. The molecule has 3 N–H and O–H groups in total. The van der Waals surface area contributed by atoms with E-state index in [1.807, 2.05) is 24.3 Å². The highest BCUT2D eigenvalue weighted by Gasteiger charge is 2.12. The molecule has 16 heavy (non-hydrogen) atoms. The smallest absolute Gasteiger partial charge is 0.267 e. The lowest BCUT2D eigenvalue weighted by molar-refractivity contribution is 0.103. The Morgan fingerprint density at radius 3 is 2.69 bits per heavy atom. The van der Waals surface area contributed by atoms with Crippen LogP contribution in [0, 0.1) is 0 Å². The van der Waals surface area contributed by atoms with E-state index in [0.717, 1.165) is 10.2 Å². The Labute approximate surface area is 105 Å². The highest BCUT2D eigenvalue weighted by molar-refractivity contribution is 9.10. The molecule has 0 unspecified atom stereocenters. The first-order valence-corrected chi connectivity index (χ1v) is 6.24. The maximum absolute atomic E-state index is 11.8. The Kier molecular flexibility index (Phi) is 3.26. The van der Waals surface area contributed by atoms with E-state index in [0.29, 0.717) is 10.6 Å². The average molecular weight is 297 g/mol. The number of nitrogen functional groups attached to an aromatic ring is 1. The van der Waals surface area contributed by atoms with Gasteiger partial charge in [0.1, 0.15) is 4.88 Å². The monoisotopic (exact) mass is 296 g/mol. The summed E-state index contributed by atoms with van der Waals surface area (Å²) in [4.78, 5) is 12.4. The van der Waals surface area contributed by atoms with Gasteiger partial charge in [-0.15, -0.1) is 11.3 Å². The van der Waals surface area contributed by atoms with E-state index in [9.17, 15) is 4.79 Å². The van der Waals surface area contributed by atoms with Crippen molar-refractivity contribution < 1.29 is 4.79 Å². The second-order valence-electron chi connectivity index (χ2n) is 3.14. The van der Waals surface area contributed by atoms with Crippen molar-refractivity contribution in [2.75, 3.05) is 11.1 Å². The minimum Gasteiger partial charge on any atom is -0.397 e. The van der Waals surface area contributed by atoms with Gasteiger partial charge in [-0.05, 0) is 39.5 Å². The summed E-state index contributed by atoms with van der Waals surface area (Å²) in [6.45, 7) is 0. The Morgan fingerprint density at radius 2 is 2.06 bits per heavy atom. The summed E-state index contributed by atoms with van der Waals surface area (Å²) in [6.07, 6.45) is 0. The molecule has 3 nitrogen and oxygen atoms in total. The standard InChI is InChI=1S/C11H9BrN2OS/c12-7-3-1-2-4-9(7)14-11(15)10-8(13)5-6-16-10/h1-6H,13H2,(H,14,15). The number of rotatable bonds is 2. The first-order valence-electron chi connectivity index (χ1n) is 4.57. The van der Waals surface area contributed by atoms with Gasteiger partial charge in [-0.1, -0.05) is 12.1 Å². The summed E-state index contributed by atoms with van der Waals surface area (Å²) in [6, 6.07) is 9.16. The van der Waals surface area contributed by atoms with Crippen LogP contribution in [0.2, 0.25) is 0 Å². The van der Waals surface area contributed by atoms with Crippen molar-refractivity contribution in [3.05, 3.63) is 45.1 Å². The highest BCUT2D eigenvalue weighted by atomic mass is 79.9. The van der Waals surface area contributed by atoms with Crippen LogP contribution in [0.3, 0.4) is 0 Å². The second kappa shape index (κ2) is 4.67. The van der Waals surface area contributed by atoms with Gasteiger partial charge in [-0.25, -0.2) is 0 Å². The van der Waals surface area contributed by atoms with Crippen molar-refractivity contribution in [3.8, 4) is 0 Å². The van der Waals surface area contributed by atoms with E-state index in [2.05, 4.69) is 21.2 Å². The van der Waals surface area contributed by atoms with Gasteiger partial charge in [0.25, 0.3) is 5.91 Å². The van der Waals surface area contributed by atoms with Crippen molar-refractivity contribution in [2.45, 2.75) is 0 Å². The first-order chi connectivity index (χ1) is 7.68. The number of thiophene rings is 1. The van der Waals surface area contributed by atoms with Crippen LogP contribution < -0.4 is 11.1 Å². The molecule has 0 aliphatic heterocycles. The fourth-order valence-corrected chi connectivity index (χ4v) is 2.34. The Morgan fingerprint density at radius 1 is 1.31 bits per heavy atom. The third-order valence-corrected chi connectivity index (χ3v) is 3.64. The molecule has 0 saturated heterocycles. The number of nitrogens with two attached hydrogens (primary N) is 1. The van der Waals surface area contributed by atoms with Gasteiger partial charge in [0.2, 0.25) is 0 Å². The molecule has 0 atom stereocenters. The van der Waals surface area contributed by atoms with Crippen LogP contribution in [-0.2, 0) is 0 Å². The molecule has 1 aromatic heterocycles. The van der Waals surface area contributed by atoms with Crippen LogP contribution >= 0.6 is 27.3 Å². The molecule has 0 fully saturated rings. The van der Waals surface area contributed by atoms with Gasteiger partial charge in [0.15, 0.2) is 0 Å². The quantitative estimate of drug-likeness (QED) is 0.893. The van der Waals surface area contributed by atoms with E-state index < -0.39 is 0 Å². The molecular formula is C11H9BrN2OS. The van der Waals surface area contributed by atoms with E-state index in [-0.39, 0.29) is 5.91 Å². The second-order valence-corrected chi connectivity index (χ2v) is 4.91. The topological polar surface area (TPSA) is 55.1 Å². The molecule has 0 saturated carbocycles. The molecule has 2 rings (SSSR count). The zero-order valence-corrected chi connectivity index (χ0v) is 10.6. The van der Waals surface area contributed by atoms with E-state index in [1.54, 1.807) is 11.4 Å². The average Bonchev–Trinajstić information content (AvgIpc) is 2.68. The zero-order valence-electron chi connectivity index (χ0n) is 8.24. The normalized spacial score (nSPS) is 10.1. The number of amides is 1. The number of para-hydroxylation sites is 1. The summed E-state index contributed by atoms with van der Waals surface area (Å²) < 4.78 is 0.846. The molecule has 1 aromatic carbocycles. The number of hydrogen-bond donors (Lipinski definition) is 2.